The van der Waals surface area contributed by atoms with Gasteiger partial charge in [-0.1, -0.05) is 23.7 Å². The molecule has 0 saturated carbocycles. The molecule has 1 saturated heterocycles. The number of thioether (sulfide) groups is 1. The molecule has 3 aromatic rings. The smallest absolute Gasteiger partial charge is 0.339 e. The van der Waals surface area contributed by atoms with Crippen LogP contribution in [-0.2, 0) is 14.3 Å². The normalized spacial score (nSPS) is 14.3. The van der Waals surface area contributed by atoms with Gasteiger partial charge < -0.3 is 19.2 Å². The summed E-state index contributed by atoms with van der Waals surface area (Å²) in [7, 11) is 2.72. The summed E-state index contributed by atoms with van der Waals surface area (Å²) in [6.45, 7) is -0.454. The van der Waals surface area contributed by atoms with Crippen LogP contribution in [-0.4, -0.2) is 48.7 Å². The number of rotatable bonds is 7. The number of imide groups is 1. The van der Waals surface area contributed by atoms with Crippen LogP contribution in [0, 0.1) is 0 Å². The second kappa shape index (κ2) is 10.7. The fourth-order valence-electron chi connectivity index (χ4n) is 3.38. The Morgan fingerprint density at radius 1 is 1.11 bits per heavy atom. The van der Waals surface area contributed by atoms with Crippen molar-refractivity contribution in [2.75, 3.05) is 26.1 Å². The first-order valence-electron chi connectivity index (χ1n) is 10.5. The number of amides is 3. The molecule has 1 N–H and O–H groups in total. The van der Waals surface area contributed by atoms with Gasteiger partial charge >= 0.3 is 5.97 Å². The topological polar surface area (TPSA) is 115 Å². The molecule has 1 aliphatic heterocycles. The third-order valence-electron chi connectivity index (χ3n) is 5.11. The van der Waals surface area contributed by atoms with Crippen molar-refractivity contribution in [3.05, 3.63) is 75.8 Å². The Labute approximate surface area is 215 Å². The molecule has 184 valence electrons. The van der Waals surface area contributed by atoms with Gasteiger partial charge in [0.15, 0.2) is 0 Å². The van der Waals surface area contributed by atoms with Crippen LogP contribution in [0.2, 0.25) is 5.02 Å². The molecule has 0 spiro atoms. The zero-order valence-electron chi connectivity index (χ0n) is 19.1. The fourth-order valence-corrected chi connectivity index (χ4v) is 4.39. The van der Waals surface area contributed by atoms with Crippen molar-refractivity contribution in [1.29, 1.82) is 0 Å². The summed E-state index contributed by atoms with van der Waals surface area (Å²) >= 11 is 6.77. The number of halogens is 1. The molecule has 0 bridgehead atoms. The van der Waals surface area contributed by atoms with Crippen molar-refractivity contribution < 1.29 is 33.1 Å². The third kappa shape index (κ3) is 5.29. The maximum Gasteiger partial charge on any atom is 0.339 e. The predicted molar refractivity (Wildman–Crippen MR) is 135 cm³/mol. The molecule has 3 amide bonds. The average Bonchev–Trinajstić information content (AvgIpc) is 3.44. The number of benzene rings is 2. The molecular formula is C25H19ClN2O7S. The van der Waals surface area contributed by atoms with Crippen LogP contribution in [0.5, 0.6) is 5.75 Å². The van der Waals surface area contributed by atoms with Gasteiger partial charge in [0.25, 0.3) is 11.1 Å². The Bertz CT molecular complexity index is 1400. The van der Waals surface area contributed by atoms with Crippen molar-refractivity contribution in [2.24, 2.45) is 0 Å². The summed E-state index contributed by atoms with van der Waals surface area (Å²) in [6, 6.07) is 14.8. The lowest BCUT2D eigenvalue weighted by Gasteiger charge is -2.14. The minimum atomic E-state index is -0.613. The van der Waals surface area contributed by atoms with Crippen molar-refractivity contribution in [3.8, 4) is 17.1 Å². The van der Waals surface area contributed by atoms with Crippen LogP contribution in [0.25, 0.3) is 17.4 Å². The van der Waals surface area contributed by atoms with E-state index in [0.29, 0.717) is 40.3 Å². The standard InChI is InChI=1S/C25H19ClN2O7S/c1-33-20-6-4-3-5-18(20)27-22(29)13-28-23(30)21(36-25(28)32)12-15-8-10-19(35-15)14-7-9-17(26)16(11-14)24(31)34-2/h3-12H,13H2,1-2H3,(H,27,29)/b21-12+. The Kier molecular flexibility index (Phi) is 7.47. The number of methoxy groups -OCH3 is 2. The molecular weight excluding hydrogens is 508 g/mol. The molecule has 36 heavy (non-hydrogen) atoms. The highest BCUT2D eigenvalue weighted by atomic mass is 35.5. The Hall–Kier alpha value is -4.02. The summed E-state index contributed by atoms with van der Waals surface area (Å²) in [4.78, 5) is 50.6. The Balaban J connectivity index is 1.48. The highest BCUT2D eigenvalue weighted by Crippen LogP contribution is 2.34. The molecule has 0 atom stereocenters. The van der Waals surface area contributed by atoms with E-state index in [4.69, 9.17) is 25.5 Å². The number of hydrogen-bond donors (Lipinski definition) is 1. The van der Waals surface area contributed by atoms with Gasteiger partial charge in [-0.05, 0) is 54.2 Å². The summed E-state index contributed by atoms with van der Waals surface area (Å²) in [5.41, 5.74) is 1.18. The van der Waals surface area contributed by atoms with Gasteiger partial charge in [-0.25, -0.2) is 4.79 Å². The first-order valence-corrected chi connectivity index (χ1v) is 11.7. The second-order valence-electron chi connectivity index (χ2n) is 7.40. The van der Waals surface area contributed by atoms with Gasteiger partial charge in [-0.15, -0.1) is 0 Å². The minimum absolute atomic E-state index is 0.109. The number of ether oxygens (including phenoxy) is 2. The first kappa shape index (κ1) is 25.1. The van der Waals surface area contributed by atoms with Crippen molar-refractivity contribution in [1.82, 2.24) is 4.90 Å². The summed E-state index contributed by atoms with van der Waals surface area (Å²) < 4.78 is 15.7. The number of anilines is 1. The number of nitrogens with one attached hydrogen (secondary N) is 1. The molecule has 4 rings (SSSR count). The number of nitrogens with zero attached hydrogens (tertiary/aromatic N) is 1. The zero-order valence-corrected chi connectivity index (χ0v) is 20.6. The van der Waals surface area contributed by atoms with E-state index in [2.05, 4.69) is 5.32 Å². The largest absolute Gasteiger partial charge is 0.495 e. The van der Waals surface area contributed by atoms with Crippen molar-refractivity contribution in [2.45, 2.75) is 0 Å². The van der Waals surface area contributed by atoms with Crippen LogP contribution < -0.4 is 10.1 Å². The summed E-state index contributed by atoms with van der Waals surface area (Å²) in [5.74, 6) is -0.572. The lowest BCUT2D eigenvalue weighted by Crippen LogP contribution is -2.36. The molecule has 0 radical (unpaired) electrons. The van der Waals surface area contributed by atoms with Crippen molar-refractivity contribution in [3.63, 3.8) is 0 Å². The summed E-state index contributed by atoms with van der Waals surface area (Å²) in [6.07, 6.45) is 1.42. The van der Waals surface area contributed by atoms with E-state index in [0.717, 1.165) is 4.90 Å². The molecule has 9 nitrogen and oxygen atoms in total. The molecule has 1 aromatic heterocycles. The zero-order chi connectivity index (χ0) is 25.8. The van der Waals surface area contributed by atoms with Gasteiger partial charge in [0.1, 0.15) is 23.8 Å². The predicted octanol–water partition coefficient (Wildman–Crippen LogP) is 5.07. The number of furan rings is 1. The maximum absolute atomic E-state index is 12.8. The molecule has 0 unspecified atom stereocenters. The average molecular weight is 527 g/mol. The van der Waals surface area contributed by atoms with Crippen LogP contribution >= 0.6 is 23.4 Å². The number of carbonyl (C=O) groups is 4. The molecule has 2 aromatic carbocycles. The van der Waals surface area contributed by atoms with Crippen LogP contribution in [0.1, 0.15) is 16.1 Å². The summed E-state index contributed by atoms with van der Waals surface area (Å²) in [5, 5.41) is 2.30. The highest BCUT2D eigenvalue weighted by molar-refractivity contribution is 8.18. The monoisotopic (exact) mass is 526 g/mol. The molecule has 1 aliphatic rings. The van der Waals surface area contributed by atoms with E-state index in [1.807, 2.05) is 0 Å². The van der Waals surface area contributed by atoms with Gasteiger partial charge in [0.2, 0.25) is 5.91 Å². The van der Waals surface area contributed by atoms with E-state index in [9.17, 15) is 19.2 Å². The van der Waals surface area contributed by atoms with Crippen LogP contribution in [0.3, 0.4) is 0 Å². The molecule has 1 fully saturated rings. The quantitative estimate of drug-likeness (QED) is 0.335. The number of para-hydroxylation sites is 2. The molecule has 11 heteroatoms. The minimum Gasteiger partial charge on any atom is -0.495 e. The first-order chi connectivity index (χ1) is 17.3. The molecule has 2 heterocycles. The SMILES string of the molecule is COC(=O)c1cc(-c2ccc(/C=C3/SC(=O)N(CC(=O)Nc4ccccc4OC)C3=O)o2)ccc1Cl. The van der Waals surface area contributed by atoms with E-state index in [1.165, 1.54) is 26.4 Å². The van der Waals surface area contributed by atoms with E-state index in [1.54, 1.807) is 48.5 Å². The third-order valence-corrected chi connectivity index (χ3v) is 6.35. The lowest BCUT2D eigenvalue weighted by atomic mass is 10.1. The van der Waals surface area contributed by atoms with Crippen LogP contribution in [0.15, 0.2) is 63.9 Å². The van der Waals surface area contributed by atoms with E-state index in [-0.39, 0.29) is 15.5 Å². The number of hydrogen-bond acceptors (Lipinski definition) is 8. The van der Waals surface area contributed by atoms with Crippen molar-refractivity contribution >= 4 is 58.1 Å². The Morgan fingerprint density at radius 2 is 1.89 bits per heavy atom. The molecule has 0 aliphatic carbocycles. The number of esters is 1. The Morgan fingerprint density at radius 3 is 2.64 bits per heavy atom. The van der Waals surface area contributed by atoms with E-state index >= 15 is 0 Å². The van der Waals surface area contributed by atoms with Gasteiger partial charge in [-0.3, -0.25) is 19.3 Å². The van der Waals surface area contributed by atoms with E-state index < -0.39 is 29.6 Å². The van der Waals surface area contributed by atoms with Gasteiger partial charge in [-0.2, -0.15) is 0 Å². The number of carbonyl (C=O) groups excluding carboxylic acids is 4. The fraction of sp³-hybridized carbons (Fsp3) is 0.120. The lowest BCUT2D eigenvalue weighted by molar-refractivity contribution is -0.127. The van der Waals surface area contributed by atoms with Gasteiger partial charge in [0, 0.05) is 11.6 Å². The second-order valence-corrected chi connectivity index (χ2v) is 8.80. The maximum atomic E-state index is 12.8. The van der Waals surface area contributed by atoms with Crippen LogP contribution in [0.4, 0.5) is 10.5 Å². The van der Waals surface area contributed by atoms with Gasteiger partial charge in [0.05, 0.1) is 35.4 Å². The highest BCUT2D eigenvalue weighted by Gasteiger charge is 2.36.